The van der Waals surface area contributed by atoms with Gasteiger partial charge in [-0.15, -0.1) is 0 Å². The van der Waals surface area contributed by atoms with Gasteiger partial charge in [0.25, 0.3) is 0 Å². The van der Waals surface area contributed by atoms with Gasteiger partial charge in [-0.3, -0.25) is 0 Å². The summed E-state index contributed by atoms with van der Waals surface area (Å²) in [5, 5.41) is 0.779. The third kappa shape index (κ3) is 4.93. The molecule has 0 aliphatic rings. The summed E-state index contributed by atoms with van der Waals surface area (Å²) in [7, 11) is 0. The Bertz CT molecular complexity index is 455. The summed E-state index contributed by atoms with van der Waals surface area (Å²) < 4.78 is 0. The van der Waals surface area contributed by atoms with Crippen LogP contribution in [0.1, 0.15) is 32.3 Å². The monoisotopic (exact) mass is 260 g/mol. The van der Waals surface area contributed by atoms with E-state index in [0.717, 1.165) is 5.02 Å². The summed E-state index contributed by atoms with van der Waals surface area (Å²) in [6, 6.07) is 16.4. The third-order valence-corrected chi connectivity index (χ3v) is 2.95. The third-order valence-electron chi connectivity index (χ3n) is 2.70. The normalized spacial score (nSPS) is 9.56. The van der Waals surface area contributed by atoms with Crippen LogP contribution in [0.25, 0.3) is 11.1 Å². The second-order valence-electron chi connectivity index (χ2n) is 4.38. The van der Waals surface area contributed by atoms with Gasteiger partial charge in [0, 0.05) is 5.02 Å². The molecule has 96 valence electrons. The minimum Gasteiger partial charge on any atom is -0.0843 e. The smallest absolute Gasteiger partial charge is 0.0406 e. The highest BCUT2D eigenvalue weighted by atomic mass is 35.5. The molecule has 0 aliphatic carbocycles. The summed E-state index contributed by atoms with van der Waals surface area (Å²) in [6.07, 6.45) is 2.64. The van der Waals surface area contributed by atoms with E-state index in [-0.39, 0.29) is 0 Å². The number of benzene rings is 2. The molecule has 0 saturated carbocycles. The number of unbranched alkanes of at least 4 members (excludes halogenated alkanes) is 1. The zero-order valence-corrected chi connectivity index (χ0v) is 12.2. The lowest BCUT2D eigenvalue weighted by atomic mass is 10.0. The minimum atomic E-state index is 0.779. The van der Waals surface area contributed by atoms with Gasteiger partial charge in [-0.25, -0.2) is 0 Å². The summed E-state index contributed by atoms with van der Waals surface area (Å²) in [6.45, 7) is 6.46. The van der Waals surface area contributed by atoms with Crippen molar-refractivity contribution in [3.8, 4) is 11.1 Å². The lowest BCUT2D eigenvalue weighted by Gasteiger charge is -2.02. The van der Waals surface area contributed by atoms with Crippen LogP contribution in [-0.2, 0) is 0 Å². The molecule has 0 radical (unpaired) electrons. The van der Waals surface area contributed by atoms with Crippen molar-refractivity contribution in [1.82, 2.24) is 0 Å². The summed E-state index contributed by atoms with van der Waals surface area (Å²) >= 11 is 5.83. The number of hydrogen-bond acceptors (Lipinski definition) is 0. The predicted octanol–water partition coefficient (Wildman–Crippen LogP) is 6.12. The van der Waals surface area contributed by atoms with Crippen LogP contribution >= 0.6 is 11.6 Å². The molecule has 0 spiro atoms. The number of halogens is 1. The molecule has 0 saturated heterocycles. The molecular formula is C17H21Cl. The van der Waals surface area contributed by atoms with Crippen LogP contribution in [0.2, 0.25) is 5.02 Å². The second kappa shape index (κ2) is 7.94. The summed E-state index contributed by atoms with van der Waals surface area (Å²) in [4.78, 5) is 0. The van der Waals surface area contributed by atoms with Crippen molar-refractivity contribution in [2.45, 2.75) is 33.6 Å². The average molecular weight is 261 g/mol. The van der Waals surface area contributed by atoms with Gasteiger partial charge in [0.1, 0.15) is 0 Å². The van der Waals surface area contributed by atoms with E-state index in [2.05, 4.69) is 45.0 Å². The van der Waals surface area contributed by atoms with Gasteiger partial charge in [-0.05, 0) is 30.2 Å². The SMILES string of the molecule is CCCC.Cc1cccc(-c2ccc(Cl)cc2)c1. The van der Waals surface area contributed by atoms with E-state index in [0.29, 0.717) is 0 Å². The van der Waals surface area contributed by atoms with Gasteiger partial charge in [-0.2, -0.15) is 0 Å². The van der Waals surface area contributed by atoms with Gasteiger partial charge in [0.2, 0.25) is 0 Å². The Morgan fingerprint density at radius 3 is 1.94 bits per heavy atom. The van der Waals surface area contributed by atoms with Crippen LogP contribution in [0.5, 0.6) is 0 Å². The van der Waals surface area contributed by atoms with Crippen LogP contribution in [0, 0.1) is 6.92 Å². The fourth-order valence-electron chi connectivity index (χ4n) is 1.47. The molecule has 0 fully saturated rings. The summed E-state index contributed by atoms with van der Waals surface area (Å²) in [5.74, 6) is 0. The van der Waals surface area contributed by atoms with Gasteiger partial charge in [-0.1, -0.05) is 80.3 Å². The maximum Gasteiger partial charge on any atom is 0.0406 e. The molecule has 2 aromatic carbocycles. The predicted molar refractivity (Wildman–Crippen MR) is 82.2 cm³/mol. The molecule has 0 aliphatic heterocycles. The van der Waals surface area contributed by atoms with Crippen molar-refractivity contribution in [3.63, 3.8) is 0 Å². The molecule has 0 atom stereocenters. The Kier molecular flexibility index (Phi) is 6.53. The Hall–Kier alpha value is -1.27. The van der Waals surface area contributed by atoms with Crippen molar-refractivity contribution in [1.29, 1.82) is 0 Å². The van der Waals surface area contributed by atoms with Gasteiger partial charge in [0.05, 0.1) is 0 Å². The van der Waals surface area contributed by atoms with E-state index in [9.17, 15) is 0 Å². The molecule has 18 heavy (non-hydrogen) atoms. The highest BCUT2D eigenvalue weighted by molar-refractivity contribution is 6.30. The molecule has 0 N–H and O–H groups in total. The molecule has 2 rings (SSSR count). The van der Waals surface area contributed by atoms with Gasteiger partial charge >= 0.3 is 0 Å². The highest BCUT2D eigenvalue weighted by Gasteiger charge is 1.96. The molecule has 0 heterocycles. The van der Waals surface area contributed by atoms with E-state index in [4.69, 9.17) is 11.6 Å². The van der Waals surface area contributed by atoms with Crippen LogP contribution < -0.4 is 0 Å². The molecule has 0 amide bonds. The molecule has 0 bridgehead atoms. The Balaban J connectivity index is 0.000000357. The lowest BCUT2D eigenvalue weighted by Crippen LogP contribution is -1.78. The van der Waals surface area contributed by atoms with E-state index < -0.39 is 0 Å². The molecule has 1 heteroatoms. The van der Waals surface area contributed by atoms with Crippen molar-refractivity contribution in [3.05, 3.63) is 59.1 Å². The van der Waals surface area contributed by atoms with Crippen LogP contribution in [-0.4, -0.2) is 0 Å². The first-order valence-corrected chi connectivity index (χ1v) is 6.87. The van der Waals surface area contributed by atoms with Crippen LogP contribution in [0.3, 0.4) is 0 Å². The first-order chi connectivity index (χ1) is 8.67. The van der Waals surface area contributed by atoms with Crippen molar-refractivity contribution >= 4 is 11.6 Å². The number of hydrogen-bond donors (Lipinski definition) is 0. The topological polar surface area (TPSA) is 0 Å². The molecule has 0 unspecified atom stereocenters. The van der Waals surface area contributed by atoms with Crippen molar-refractivity contribution < 1.29 is 0 Å². The number of aryl methyl sites for hydroxylation is 1. The fraction of sp³-hybridized carbons (Fsp3) is 0.294. The first-order valence-electron chi connectivity index (χ1n) is 6.50. The van der Waals surface area contributed by atoms with Gasteiger partial charge in [0.15, 0.2) is 0 Å². The van der Waals surface area contributed by atoms with E-state index in [1.807, 2.05) is 24.3 Å². The largest absolute Gasteiger partial charge is 0.0843 e. The minimum absolute atomic E-state index is 0.779. The lowest BCUT2D eigenvalue weighted by molar-refractivity contribution is 0.886. The maximum atomic E-state index is 5.83. The number of rotatable bonds is 2. The zero-order valence-electron chi connectivity index (χ0n) is 11.4. The van der Waals surface area contributed by atoms with Crippen molar-refractivity contribution in [2.75, 3.05) is 0 Å². The van der Waals surface area contributed by atoms with E-state index in [1.54, 1.807) is 0 Å². The van der Waals surface area contributed by atoms with E-state index in [1.165, 1.54) is 29.5 Å². The van der Waals surface area contributed by atoms with E-state index >= 15 is 0 Å². The van der Waals surface area contributed by atoms with Crippen LogP contribution in [0.4, 0.5) is 0 Å². The standard InChI is InChI=1S/C13H11Cl.C4H10/c1-10-3-2-4-12(9-10)11-5-7-13(14)8-6-11;1-3-4-2/h2-9H,1H3;3-4H2,1-2H3. The molecule has 0 aromatic heterocycles. The fourth-order valence-corrected chi connectivity index (χ4v) is 1.59. The summed E-state index contributed by atoms with van der Waals surface area (Å²) in [5.41, 5.74) is 3.72. The molecule has 2 aromatic rings. The maximum absolute atomic E-state index is 5.83. The molecule has 0 nitrogen and oxygen atoms in total. The first kappa shape index (κ1) is 14.8. The van der Waals surface area contributed by atoms with Crippen LogP contribution in [0.15, 0.2) is 48.5 Å². The quantitative estimate of drug-likeness (QED) is 0.610. The Morgan fingerprint density at radius 2 is 1.44 bits per heavy atom. The average Bonchev–Trinajstić information content (AvgIpc) is 2.40. The highest BCUT2D eigenvalue weighted by Crippen LogP contribution is 2.21. The Labute approximate surface area is 116 Å². The zero-order chi connectivity index (χ0) is 13.4. The molecular weight excluding hydrogens is 240 g/mol. The Morgan fingerprint density at radius 1 is 0.833 bits per heavy atom. The van der Waals surface area contributed by atoms with Gasteiger partial charge < -0.3 is 0 Å². The van der Waals surface area contributed by atoms with Crippen molar-refractivity contribution in [2.24, 2.45) is 0 Å². The second-order valence-corrected chi connectivity index (χ2v) is 4.81.